The molecular weight excluding hydrogens is 336 g/mol. The van der Waals surface area contributed by atoms with Gasteiger partial charge >= 0.3 is 0 Å². The molecule has 27 heavy (non-hydrogen) atoms. The van der Waals surface area contributed by atoms with Gasteiger partial charge in [0, 0.05) is 23.1 Å². The molecule has 0 N–H and O–H groups in total. The zero-order valence-electron chi connectivity index (χ0n) is 15.5. The molecule has 2 heterocycles. The Morgan fingerprint density at radius 2 is 1.63 bits per heavy atom. The number of hydrogen-bond acceptors (Lipinski definition) is 2. The van der Waals surface area contributed by atoms with Crippen molar-refractivity contribution in [3.8, 4) is 0 Å². The Bertz CT molecular complexity index is 1060. The van der Waals surface area contributed by atoms with E-state index < -0.39 is 0 Å². The van der Waals surface area contributed by atoms with Gasteiger partial charge in [-0.15, -0.1) is 0 Å². The molecule has 0 radical (unpaired) electrons. The highest BCUT2D eigenvalue weighted by Gasteiger charge is 2.35. The molecule has 1 aromatic heterocycles. The zero-order valence-corrected chi connectivity index (χ0v) is 15.5. The number of hydrogen-bond donors (Lipinski definition) is 0. The van der Waals surface area contributed by atoms with E-state index in [9.17, 15) is 9.59 Å². The lowest BCUT2D eigenvalue weighted by atomic mass is 9.95. The highest BCUT2D eigenvalue weighted by molar-refractivity contribution is 6.21. The van der Waals surface area contributed by atoms with Crippen LogP contribution in [-0.4, -0.2) is 21.3 Å². The van der Waals surface area contributed by atoms with Crippen molar-refractivity contribution in [2.45, 2.75) is 45.7 Å². The molecule has 0 spiro atoms. The minimum Gasteiger partial charge on any atom is -0.345 e. The van der Waals surface area contributed by atoms with E-state index in [0.717, 1.165) is 24.9 Å². The molecule has 5 rings (SSSR count). The molecule has 0 fully saturated rings. The molecule has 0 saturated heterocycles. The molecule has 3 aromatic rings. The van der Waals surface area contributed by atoms with Crippen molar-refractivity contribution in [3.63, 3.8) is 0 Å². The van der Waals surface area contributed by atoms with Crippen molar-refractivity contribution in [1.82, 2.24) is 9.47 Å². The van der Waals surface area contributed by atoms with Crippen LogP contribution >= 0.6 is 0 Å². The van der Waals surface area contributed by atoms with Gasteiger partial charge in [0.25, 0.3) is 11.8 Å². The molecule has 2 aliphatic rings. The molecule has 0 saturated carbocycles. The van der Waals surface area contributed by atoms with Gasteiger partial charge in [-0.25, -0.2) is 0 Å². The van der Waals surface area contributed by atoms with Gasteiger partial charge in [0.1, 0.15) is 0 Å². The first-order valence-corrected chi connectivity index (χ1v) is 9.77. The standard InChI is InChI=1S/C23H22N2O2/c1-2-24-20-10-6-5-7-16(20)19-13-15(11-12-21(19)24)14-25-22(26)17-8-3-4-9-18(17)23(25)27/h3-4,8-9,11-13H,2,5-7,10,14H2,1H3. The van der Waals surface area contributed by atoms with E-state index in [1.165, 1.54) is 39.9 Å². The van der Waals surface area contributed by atoms with Crippen molar-refractivity contribution in [2.75, 3.05) is 0 Å². The summed E-state index contributed by atoms with van der Waals surface area (Å²) in [6.07, 6.45) is 4.75. The second kappa shape index (κ2) is 6.08. The van der Waals surface area contributed by atoms with Gasteiger partial charge in [-0.2, -0.15) is 0 Å². The number of carbonyl (C=O) groups excluding carboxylic acids is 2. The van der Waals surface area contributed by atoms with E-state index in [4.69, 9.17) is 0 Å². The number of carbonyl (C=O) groups is 2. The molecule has 1 aliphatic heterocycles. The van der Waals surface area contributed by atoms with Gasteiger partial charge in [-0.05, 0) is 68.0 Å². The first kappa shape index (κ1) is 16.3. The van der Waals surface area contributed by atoms with Crippen LogP contribution in [0, 0.1) is 0 Å². The third kappa shape index (κ3) is 2.36. The molecule has 1 aliphatic carbocycles. The van der Waals surface area contributed by atoms with Gasteiger partial charge in [0.05, 0.1) is 17.7 Å². The Morgan fingerprint density at radius 1 is 0.926 bits per heavy atom. The van der Waals surface area contributed by atoms with Crippen LogP contribution in [0.1, 0.15) is 57.3 Å². The Labute approximate surface area is 158 Å². The number of nitrogens with zero attached hydrogens (tertiary/aromatic N) is 2. The predicted molar refractivity (Wildman–Crippen MR) is 105 cm³/mol. The van der Waals surface area contributed by atoms with Crippen molar-refractivity contribution in [1.29, 1.82) is 0 Å². The summed E-state index contributed by atoms with van der Waals surface area (Å²) in [4.78, 5) is 26.7. The van der Waals surface area contributed by atoms with E-state index in [1.54, 1.807) is 24.3 Å². The fourth-order valence-electron chi connectivity index (χ4n) is 4.71. The third-order valence-corrected chi connectivity index (χ3v) is 5.98. The Hall–Kier alpha value is -2.88. The smallest absolute Gasteiger partial charge is 0.261 e. The normalized spacial score (nSPS) is 16.1. The first-order valence-electron chi connectivity index (χ1n) is 9.77. The number of rotatable bonds is 3. The highest BCUT2D eigenvalue weighted by atomic mass is 16.2. The van der Waals surface area contributed by atoms with Crippen LogP contribution in [0.15, 0.2) is 42.5 Å². The van der Waals surface area contributed by atoms with Gasteiger partial charge in [0.15, 0.2) is 0 Å². The molecule has 4 nitrogen and oxygen atoms in total. The molecular formula is C23H22N2O2. The second-order valence-corrected chi connectivity index (χ2v) is 7.47. The third-order valence-electron chi connectivity index (χ3n) is 5.98. The number of aromatic nitrogens is 1. The van der Waals surface area contributed by atoms with Crippen LogP contribution in [0.4, 0.5) is 0 Å². The molecule has 0 unspecified atom stereocenters. The number of fused-ring (bicyclic) bond motifs is 4. The summed E-state index contributed by atoms with van der Waals surface area (Å²) < 4.78 is 2.43. The van der Waals surface area contributed by atoms with Crippen LogP contribution in [0.2, 0.25) is 0 Å². The summed E-state index contributed by atoms with van der Waals surface area (Å²) in [6.45, 7) is 3.50. The molecule has 136 valence electrons. The van der Waals surface area contributed by atoms with Gasteiger partial charge in [0.2, 0.25) is 0 Å². The molecule has 0 atom stereocenters. The minimum atomic E-state index is -0.191. The maximum atomic E-state index is 12.7. The molecule has 4 heteroatoms. The highest BCUT2D eigenvalue weighted by Crippen LogP contribution is 2.33. The van der Waals surface area contributed by atoms with Crippen molar-refractivity contribution in [3.05, 3.63) is 70.4 Å². The molecule has 0 bridgehead atoms. The summed E-state index contributed by atoms with van der Waals surface area (Å²) in [5.41, 5.74) is 6.24. The summed E-state index contributed by atoms with van der Waals surface area (Å²) >= 11 is 0. The number of benzene rings is 2. The number of amides is 2. The van der Waals surface area contributed by atoms with Crippen LogP contribution in [0.25, 0.3) is 10.9 Å². The van der Waals surface area contributed by atoms with E-state index in [0.29, 0.717) is 17.7 Å². The monoisotopic (exact) mass is 358 g/mol. The fraction of sp³-hybridized carbons (Fsp3) is 0.304. The maximum Gasteiger partial charge on any atom is 0.261 e. The summed E-state index contributed by atoms with van der Waals surface area (Å²) in [6, 6.07) is 13.5. The van der Waals surface area contributed by atoms with Crippen LogP contribution in [0.3, 0.4) is 0 Å². The van der Waals surface area contributed by atoms with Crippen LogP contribution in [0.5, 0.6) is 0 Å². The predicted octanol–water partition coefficient (Wildman–Crippen LogP) is 4.34. The minimum absolute atomic E-state index is 0.191. The Balaban J connectivity index is 1.54. The quantitative estimate of drug-likeness (QED) is 0.654. The number of imide groups is 1. The first-order chi connectivity index (χ1) is 13.2. The average Bonchev–Trinajstić information content (AvgIpc) is 3.15. The fourth-order valence-corrected chi connectivity index (χ4v) is 4.71. The zero-order chi connectivity index (χ0) is 18.5. The van der Waals surface area contributed by atoms with E-state index in [2.05, 4.69) is 29.7 Å². The van der Waals surface area contributed by atoms with Crippen molar-refractivity contribution in [2.24, 2.45) is 0 Å². The molecule has 2 amide bonds. The van der Waals surface area contributed by atoms with E-state index >= 15 is 0 Å². The Kier molecular flexibility index (Phi) is 3.67. The van der Waals surface area contributed by atoms with E-state index in [1.807, 2.05) is 0 Å². The SMILES string of the molecule is CCn1c2c(c3cc(CN4C(=O)c5ccccc5C4=O)ccc31)CCCC2. The number of aryl methyl sites for hydroxylation is 2. The maximum absolute atomic E-state index is 12.7. The van der Waals surface area contributed by atoms with Crippen LogP contribution in [-0.2, 0) is 25.9 Å². The van der Waals surface area contributed by atoms with Gasteiger partial charge in [-0.3, -0.25) is 14.5 Å². The summed E-state index contributed by atoms with van der Waals surface area (Å²) in [5.74, 6) is -0.382. The van der Waals surface area contributed by atoms with Gasteiger partial charge < -0.3 is 4.57 Å². The lowest BCUT2D eigenvalue weighted by molar-refractivity contribution is 0.0642. The Morgan fingerprint density at radius 3 is 2.33 bits per heavy atom. The summed E-state index contributed by atoms with van der Waals surface area (Å²) in [7, 11) is 0. The topological polar surface area (TPSA) is 42.3 Å². The summed E-state index contributed by atoms with van der Waals surface area (Å²) in [5, 5.41) is 1.29. The van der Waals surface area contributed by atoms with Crippen molar-refractivity contribution >= 4 is 22.7 Å². The second-order valence-electron chi connectivity index (χ2n) is 7.47. The largest absolute Gasteiger partial charge is 0.345 e. The average molecular weight is 358 g/mol. The van der Waals surface area contributed by atoms with E-state index in [-0.39, 0.29) is 11.8 Å². The lowest BCUT2D eigenvalue weighted by Crippen LogP contribution is -2.29. The van der Waals surface area contributed by atoms with Crippen molar-refractivity contribution < 1.29 is 9.59 Å². The van der Waals surface area contributed by atoms with Gasteiger partial charge in [-0.1, -0.05) is 18.2 Å². The molecule has 2 aromatic carbocycles. The van der Waals surface area contributed by atoms with Crippen LogP contribution < -0.4 is 0 Å². The lowest BCUT2D eigenvalue weighted by Gasteiger charge is -2.14.